The minimum atomic E-state index is -3.75. The summed E-state index contributed by atoms with van der Waals surface area (Å²) in [5.74, 6) is -0.363. The number of hydrogen-bond donors (Lipinski definition) is 3. The summed E-state index contributed by atoms with van der Waals surface area (Å²) in [7, 11) is -3.75. The van der Waals surface area contributed by atoms with Crippen LogP contribution in [0.2, 0.25) is 0 Å². The predicted octanol–water partition coefficient (Wildman–Crippen LogP) is 1.93. The summed E-state index contributed by atoms with van der Waals surface area (Å²) in [6.07, 6.45) is 0. The second-order valence-corrected chi connectivity index (χ2v) is 6.68. The Kier molecular flexibility index (Phi) is 4.31. The van der Waals surface area contributed by atoms with Crippen LogP contribution in [0.25, 0.3) is 0 Å². The van der Waals surface area contributed by atoms with Gasteiger partial charge in [0.2, 0.25) is 10.0 Å². The number of benzene rings is 2. The summed E-state index contributed by atoms with van der Waals surface area (Å²) in [5, 5.41) is 7.65. The summed E-state index contributed by atoms with van der Waals surface area (Å²) in [6.45, 7) is 0. The zero-order valence-corrected chi connectivity index (χ0v) is 13.1. The Morgan fingerprint density at radius 1 is 1.10 bits per heavy atom. The van der Waals surface area contributed by atoms with E-state index in [0.29, 0.717) is 21.4 Å². The van der Waals surface area contributed by atoms with Crippen molar-refractivity contribution in [3.05, 3.63) is 52.5 Å². The maximum absolute atomic E-state index is 12.1. The Bertz CT molecular complexity index is 789. The lowest BCUT2D eigenvalue weighted by Crippen LogP contribution is -2.14. The topological polar surface area (TPSA) is 115 Å². The molecule has 0 aliphatic heterocycles. The molecule has 0 aromatic heterocycles. The molecule has 21 heavy (non-hydrogen) atoms. The third kappa shape index (κ3) is 3.81. The lowest BCUT2D eigenvalue weighted by molar-refractivity contribution is 0.102. The van der Waals surface area contributed by atoms with E-state index in [2.05, 4.69) is 21.2 Å². The fourth-order valence-corrected chi connectivity index (χ4v) is 2.59. The van der Waals surface area contributed by atoms with Gasteiger partial charge in [0.1, 0.15) is 0 Å². The molecule has 0 aliphatic carbocycles. The van der Waals surface area contributed by atoms with E-state index in [4.69, 9.17) is 10.9 Å². The van der Waals surface area contributed by atoms with Gasteiger partial charge in [-0.2, -0.15) is 0 Å². The Balaban J connectivity index is 2.22. The van der Waals surface area contributed by atoms with Gasteiger partial charge in [0.05, 0.1) is 10.5 Å². The molecule has 0 heterocycles. The fraction of sp³-hybridized carbons (Fsp3) is 0. The Morgan fingerprint density at radius 2 is 1.71 bits per heavy atom. The Hall–Kier alpha value is -1.90. The van der Waals surface area contributed by atoms with E-state index in [1.807, 2.05) is 0 Å². The van der Waals surface area contributed by atoms with E-state index in [1.165, 1.54) is 30.3 Å². The molecule has 2 aromatic carbocycles. The van der Waals surface area contributed by atoms with Crippen molar-refractivity contribution in [1.82, 2.24) is 0 Å². The molecule has 110 valence electrons. The highest BCUT2D eigenvalue weighted by molar-refractivity contribution is 9.10. The highest BCUT2D eigenvalue weighted by Gasteiger charge is 2.12. The first-order valence-corrected chi connectivity index (χ1v) is 8.10. The third-order valence-electron chi connectivity index (χ3n) is 2.68. The molecule has 0 fully saturated rings. The molecule has 0 saturated heterocycles. The summed E-state index contributed by atoms with van der Waals surface area (Å²) in [5.41, 5.74) is 6.94. The van der Waals surface area contributed by atoms with Gasteiger partial charge in [-0.1, -0.05) is 0 Å². The number of sulfonamides is 1. The second kappa shape index (κ2) is 5.84. The summed E-state index contributed by atoms with van der Waals surface area (Å²) < 4.78 is 22.9. The van der Waals surface area contributed by atoms with Gasteiger partial charge in [-0.15, -0.1) is 0 Å². The molecule has 0 atom stereocenters. The largest absolute Gasteiger partial charge is 0.399 e. The van der Waals surface area contributed by atoms with Crippen molar-refractivity contribution >= 4 is 43.2 Å². The number of carbonyl (C=O) groups excluding carboxylic acids is 1. The Morgan fingerprint density at radius 3 is 2.29 bits per heavy atom. The van der Waals surface area contributed by atoms with Crippen LogP contribution in [0.15, 0.2) is 51.8 Å². The first kappa shape index (κ1) is 15.5. The average molecular weight is 370 g/mol. The van der Waals surface area contributed by atoms with Gasteiger partial charge in [0.15, 0.2) is 0 Å². The van der Waals surface area contributed by atoms with Crippen molar-refractivity contribution in [2.45, 2.75) is 4.90 Å². The first-order valence-electron chi connectivity index (χ1n) is 5.76. The molecular formula is C13H12BrN3O3S. The van der Waals surface area contributed by atoms with Gasteiger partial charge < -0.3 is 11.1 Å². The van der Waals surface area contributed by atoms with Crippen molar-refractivity contribution in [2.24, 2.45) is 5.14 Å². The van der Waals surface area contributed by atoms with E-state index in [9.17, 15) is 13.2 Å². The molecule has 0 radical (unpaired) electrons. The van der Waals surface area contributed by atoms with Crippen molar-refractivity contribution < 1.29 is 13.2 Å². The van der Waals surface area contributed by atoms with Crippen LogP contribution in [-0.4, -0.2) is 14.3 Å². The molecular weight excluding hydrogens is 358 g/mol. The molecule has 0 saturated carbocycles. The second-order valence-electron chi connectivity index (χ2n) is 4.26. The maximum atomic E-state index is 12.1. The average Bonchev–Trinajstić information content (AvgIpc) is 2.41. The molecule has 0 bridgehead atoms. The van der Waals surface area contributed by atoms with Gasteiger partial charge >= 0.3 is 0 Å². The number of anilines is 2. The van der Waals surface area contributed by atoms with Gasteiger partial charge in [-0.25, -0.2) is 13.6 Å². The molecule has 2 rings (SSSR count). The van der Waals surface area contributed by atoms with E-state index >= 15 is 0 Å². The number of halogens is 1. The van der Waals surface area contributed by atoms with Crippen LogP contribution in [0, 0.1) is 0 Å². The molecule has 5 N–H and O–H groups in total. The normalized spacial score (nSPS) is 11.1. The van der Waals surface area contributed by atoms with Gasteiger partial charge in [0, 0.05) is 15.8 Å². The fourth-order valence-electron chi connectivity index (χ4n) is 1.64. The summed E-state index contributed by atoms with van der Waals surface area (Å²) >= 11 is 3.27. The number of amides is 1. The van der Waals surface area contributed by atoms with Crippen LogP contribution >= 0.6 is 15.9 Å². The molecule has 0 unspecified atom stereocenters. The van der Waals surface area contributed by atoms with Crippen molar-refractivity contribution in [2.75, 3.05) is 11.1 Å². The van der Waals surface area contributed by atoms with Crippen LogP contribution in [0.3, 0.4) is 0 Å². The van der Waals surface area contributed by atoms with Gasteiger partial charge in [0.25, 0.3) is 5.91 Å². The van der Waals surface area contributed by atoms with Gasteiger partial charge in [-0.05, 0) is 58.4 Å². The number of hydrogen-bond acceptors (Lipinski definition) is 4. The van der Waals surface area contributed by atoms with Gasteiger partial charge in [-0.3, -0.25) is 4.79 Å². The molecule has 0 aliphatic rings. The molecule has 1 amide bonds. The SMILES string of the molecule is Nc1ccc(Br)c(C(=O)Nc2ccc(S(N)(=O)=O)cc2)c1. The standard InChI is InChI=1S/C13H12BrN3O3S/c14-12-6-1-8(15)7-11(12)13(18)17-9-2-4-10(5-3-9)21(16,19)20/h1-7H,15H2,(H,17,18)(H2,16,19,20). The summed E-state index contributed by atoms with van der Waals surface area (Å²) in [6, 6.07) is 10.4. The number of nitrogen functional groups attached to an aromatic ring is 1. The molecule has 2 aromatic rings. The minimum absolute atomic E-state index is 0.0226. The van der Waals surface area contributed by atoms with E-state index < -0.39 is 10.0 Å². The number of nitrogens with two attached hydrogens (primary N) is 2. The van der Waals surface area contributed by atoms with Crippen molar-refractivity contribution in [3.8, 4) is 0 Å². The molecule has 6 nitrogen and oxygen atoms in total. The van der Waals surface area contributed by atoms with Crippen LogP contribution in [0.5, 0.6) is 0 Å². The van der Waals surface area contributed by atoms with Crippen LogP contribution in [0.1, 0.15) is 10.4 Å². The molecule has 0 spiro atoms. The quantitative estimate of drug-likeness (QED) is 0.716. The highest BCUT2D eigenvalue weighted by Crippen LogP contribution is 2.21. The number of primary sulfonamides is 1. The van der Waals surface area contributed by atoms with E-state index in [1.54, 1.807) is 12.1 Å². The third-order valence-corrected chi connectivity index (χ3v) is 4.30. The summed E-state index contributed by atoms with van der Waals surface area (Å²) in [4.78, 5) is 12.1. The number of nitrogens with one attached hydrogen (secondary N) is 1. The van der Waals surface area contributed by atoms with Crippen LogP contribution < -0.4 is 16.2 Å². The van der Waals surface area contributed by atoms with Crippen molar-refractivity contribution in [3.63, 3.8) is 0 Å². The lowest BCUT2D eigenvalue weighted by atomic mass is 10.2. The van der Waals surface area contributed by atoms with Crippen LogP contribution in [0.4, 0.5) is 11.4 Å². The first-order chi connectivity index (χ1) is 9.77. The number of carbonyl (C=O) groups is 1. The minimum Gasteiger partial charge on any atom is -0.399 e. The predicted molar refractivity (Wildman–Crippen MR) is 84.3 cm³/mol. The number of rotatable bonds is 3. The maximum Gasteiger partial charge on any atom is 0.256 e. The lowest BCUT2D eigenvalue weighted by Gasteiger charge is -2.08. The van der Waals surface area contributed by atoms with E-state index in [0.717, 1.165) is 0 Å². The van der Waals surface area contributed by atoms with Crippen LogP contribution in [-0.2, 0) is 10.0 Å². The molecule has 8 heteroatoms. The van der Waals surface area contributed by atoms with Crippen molar-refractivity contribution in [1.29, 1.82) is 0 Å². The monoisotopic (exact) mass is 369 g/mol. The van der Waals surface area contributed by atoms with E-state index in [-0.39, 0.29) is 10.8 Å². The zero-order valence-electron chi connectivity index (χ0n) is 10.7. The zero-order chi connectivity index (χ0) is 15.6. The smallest absolute Gasteiger partial charge is 0.256 e. The Labute approximate surface area is 130 Å². The highest BCUT2D eigenvalue weighted by atomic mass is 79.9.